The van der Waals surface area contributed by atoms with Crippen LogP contribution in [-0.2, 0) is 0 Å². The molecule has 4 heterocycles. The lowest BCUT2D eigenvalue weighted by Crippen LogP contribution is -2.31. The number of carbonyl (C=O) groups excluding carboxylic acids is 1. The molecule has 4 rings (SSSR count). The fourth-order valence-electron chi connectivity index (χ4n) is 3.59. The number of rotatable bonds is 3. The molecule has 23 heavy (non-hydrogen) atoms. The van der Waals surface area contributed by atoms with Gasteiger partial charge in [0.15, 0.2) is 5.69 Å². The molecule has 0 aliphatic carbocycles. The summed E-state index contributed by atoms with van der Waals surface area (Å²) in [5.41, 5.74) is 1.72. The Hall–Kier alpha value is -1.73. The molecule has 0 radical (unpaired) electrons. The quantitative estimate of drug-likeness (QED) is 0.937. The summed E-state index contributed by atoms with van der Waals surface area (Å²) >= 11 is 1.68. The lowest BCUT2D eigenvalue weighted by atomic mass is 10.1. The highest BCUT2D eigenvalue weighted by atomic mass is 32.1. The number of nitrogens with one attached hydrogen (secondary N) is 1. The molecule has 2 aromatic heterocycles. The van der Waals surface area contributed by atoms with E-state index in [1.165, 1.54) is 5.56 Å². The number of amides is 1. The molecule has 0 bridgehead atoms. The molecule has 0 saturated carbocycles. The molecule has 6 nitrogen and oxygen atoms in total. The van der Waals surface area contributed by atoms with Crippen molar-refractivity contribution >= 4 is 17.2 Å². The van der Waals surface area contributed by atoms with Crippen molar-refractivity contribution in [2.75, 3.05) is 19.6 Å². The van der Waals surface area contributed by atoms with Crippen LogP contribution in [0, 0.1) is 0 Å². The Bertz CT molecular complexity index is 662. The molecule has 1 N–H and O–H groups in total. The van der Waals surface area contributed by atoms with Gasteiger partial charge in [0.05, 0.1) is 18.3 Å². The van der Waals surface area contributed by atoms with E-state index >= 15 is 0 Å². The predicted molar refractivity (Wildman–Crippen MR) is 88.5 cm³/mol. The zero-order valence-corrected chi connectivity index (χ0v) is 13.8. The first-order chi connectivity index (χ1) is 11.3. The third-order valence-electron chi connectivity index (χ3n) is 4.85. The molecular formula is C16H21N5OS. The van der Waals surface area contributed by atoms with Gasteiger partial charge in [-0.15, -0.1) is 5.10 Å². The normalized spacial score (nSPS) is 22.6. The van der Waals surface area contributed by atoms with Gasteiger partial charge in [0.2, 0.25) is 0 Å². The SMILES string of the molecule is O=C(c1cn(C2CCNCC2)nn1)N1CCCC1c1ccsc1. The van der Waals surface area contributed by atoms with Gasteiger partial charge in [0.25, 0.3) is 5.91 Å². The van der Waals surface area contributed by atoms with Crippen LogP contribution in [0.25, 0.3) is 0 Å². The third kappa shape index (κ3) is 2.90. The molecular weight excluding hydrogens is 310 g/mol. The summed E-state index contributed by atoms with van der Waals surface area (Å²) in [5.74, 6) is 0.0129. The van der Waals surface area contributed by atoms with Crippen LogP contribution in [0.5, 0.6) is 0 Å². The number of carbonyl (C=O) groups is 1. The third-order valence-corrected chi connectivity index (χ3v) is 5.56. The maximum absolute atomic E-state index is 12.8. The molecule has 2 aliphatic rings. The van der Waals surface area contributed by atoms with E-state index in [0.717, 1.165) is 45.3 Å². The number of hydrogen-bond acceptors (Lipinski definition) is 5. The molecule has 2 aliphatic heterocycles. The van der Waals surface area contributed by atoms with E-state index in [4.69, 9.17) is 0 Å². The second-order valence-corrected chi connectivity index (χ2v) is 7.06. The average Bonchev–Trinajstić information content (AvgIpc) is 3.34. The van der Waals surface area contributed by atoms with Crippen LogP contribution in [0.1, 0.15) is 53.8 Å². The van der Waals surface area contributed by atoms with Crippen LogP contribution >= 0.6 is 11.3 Å². The van der Waals surface area contributed by atoms with Gasteiger partial charge >= 0.3 is 0 Å². The van der Waals surface area contributed by atoms with Crippen molar-refractivity contribution < 1.29 is 4.79 Å². The van der Waals surface area contributed by atoms with Gasteiger partial charge in [-0.3, -0.25) is 4.79 Å². The van der Waals surface area contributed by atoms with E-state index < -0.39 is 0 Å². The van der Waals surface area contributed by atoms with Crippen LogP contribution in [0.3, 0.4) is 0 Å². The first kappa shape index (κ1) is 14.8. The highest BCUT2D eigenvalue weighted by Crippen LogP contribution is 2.34. The maximum atomic E-state index is 12.8. The minimum absolute atomic E-state index is 0.0129. The summed E-state index contributed by atoms with van der Waals surface area (Å²) in [5, 5.41) is 15.9. The monoisotopic (exact) mass is 331 g/mol. The number of piperidine rings is 1. The van der Waals surface area contributed by atoms with E-state index in [9.17, 15) is 4.79 Å². The Labute approximate surface area is 139 Å². The standard InChI is InChI=1S/C16H21N5OS/c22-16(20-8-1-2-15(20)12-5-9-23-11-12)14-10-21(19-18-14)13-3-6-17-7-4-13/h5,9-11,13,15,17H,1-4,6-8H2. The van der Waals surface area contributed by atoms with Crippen LogP contribution in [-0.4, -0.2) is 45.4 Å². The van der Waals surface area contributed by atoms with Crippen molar-refractivity contribution in [2.45, 2.75) is 37.8 Å². The predicted octanol–water partition coefficient (Wildman–Crippen LogP) is 2.24. The van der Waals surface area contributed by atoms with Gasteiger partial charge < -0.3 is 10.2 Å². The summed E-state index contributed by atoms with van der Waals surface area (Å²) in [7, 11) is 0. The number of nitrogens with zero attached hydrogens (tertiary/aromatic N) is 4. The van der Waals surface area contributed by atoms with Gasteiger partial charge in [-0.2, -0.15) is 11.3 Å². The number of thiophene rings is 1. The van der Waals surface area contributed by atoms with Gasteiger partial charge in [0, 0.05) is 6.54 Å². The largest absolute Gasteiger partial charge is 0.330 e. The van der Waals surface area contributed by atoms with Crippen LogP contribution < -0.4 is 5.32 Å². The first-order valence-corrected chi connectivity index (χ1v) is 9.23. The fourth-order valence-corrected chi connectivity index (χ4v) is 4.30. The van der Waals surface area contributed by atoms with Crippen LogP contribution in [0.15, 0.2) is 23.0 Å². The topological polar surface area (TPSA) is 63.1 Å². The van der Waals surface area contributed by atoms with Gasteiger partial charge in [-0.05, 0) is 61.2 Å². The van der Waals surface area contributed by atoms with E-state index in [-0.39, 0.29) is 11.9 Å². The fraction of sp³-hybridized carbons (Fsp3) is 0.562. The number of hydrogen-bond donors (Lipinski definition) is 1. The summed E-state index contributed by atoms with van der Waals surface area (Å²) in [6.07, 6.45) is 6.00. The maximum Gasteiger partial charge on any atom is 0.276 e. The zero-order valence-electron chi connectivity index (χ0n) is 13.0. The molecule has 1 atom stereocenters. The first-order valence-electron chi connectivity index (χ1n) is 8.28. The van der Waals surface area contributed by atoms with E-state index in [0.29, 0.717) is 11.7 Å². The Morgan fingerprint density at radius 2 is 2.17 bits per heavy atom. The lowest BCUT2D eigenvalue weighted by molar-refractivity contribution is 0.0730. The van der Waals surface area contributed by atoms with E-state index in [2.05, 4.69) is 32.5 Å². The van der Waals surface area contributed by atoms with Crippen LogP contribution in [0.4, 0.5) is 0 Å². The van der Waals surface area contributed by atoms with Crippen molar-refractivity contribution in [1.82, 2.24) is 25.2 Å². The minimum Gasteiger partial charge on any atom is -0.330 e. The smallest absolute Gasteiger partial charge is 0.276 e. The highest BCUT2D eigenvalue weighted by molar-refractivity contribution is 7.07. The molecule has 2 saturated heterocycles. The molecule has 0 spiro atoms. The van der Waals surface area contributed by atoms with Gasteiger partial charge in [-0.25, -0.2) is 4.68 Å². The molecule has 122 valence electrons. The minimum atomic E-state index is 0.0129. The Morgan fingerprint density at radius 1 is 1.30 bits per heavy atom. The average molecular weight is 331 g/mol. The molecule has 2 aromatic rings. The molecule has 7 heteroatoms. The second-order valence-electron chi connectivity index (χ2n) is 6.28. The molecule has 1 unspecified atom stereocenters. The van der Waals surface area contributed by atoms with Crippen molar-refractivity contribution in [1.29, 1.82) is 0 Å². The van der Waals surface area contributed by atoms with Crippen molar-refractivity contribution in [2.24, 2.45) is 0 Å². The second kappa shape index (κ2) is 6.41. The summed E-state index contributed by atoms with van der Waals surface area (Å²) in [4.78, 5) is 14.8. The number of likely N-dealkylation sites (tertiary alicyclic amines) is 1. The van der Waals surface area contributed by atoms with Crippen molar-refractivity contribution in [3.63, 3.8) is 0 Å². The van der Waals surface area contributed by atoms with Crippen molar-refractivity contribution in [3.8, 4) is 0 Å². The zero-order chi connectivity index (χ0) is 15.6. The van der Waals surface area contributed by atoms with E-state index in [1.807, 2.05) is 15.8 Å². The Balaban J connectivity index is 1.51. The summed E-state index contributed by atoms with van der Waals surface area (Å²) in [6, 6.07) is 2.67. The van der Waals surface area contributed by atoms with Crippen LogP contribution in [0.2, 0.25) is 0 Å². The molecule has 0 aromatic carbocycles. The lowest BCUT2D eigenvalue weighted by Gasteiger charge is -2.23. The molecule has 1 amide bonds. The Kier molecular flexibility index (Phi) is 4.13. The van der Waals surface area contributed by atoms with Crippen molar-refractivity contribution in [3.05, 3.63) is 34.3 Å². The highest BCUT2D eigenvalue weighted by Gasteiger charge is 2.32. The van der Waals surface area contributed by atoms with Gasteiger partial charge in [0.1, 0.15) is 0 Å². The van der Waals surface area contributed by atoms with E-state index in [1.54, 1.807) is 11.3 Å². The number of aromatic nitrogens is 3. The molecule has 2 fully saturated rings. The van der Waals surface area contributed by atoms with Gasteiger partial charge in [-0.1, -0.05) is 5.21 Å². The summed E-state index contributed by atoms with van der Waals surface area (Å²) < 4.78 is 1.88. The summed E-state index contributed by atoms with van der Waals surface area (Å²) in [6.45, 7) is 2.81. The Morgan fingerprint density at radius 3 is 2.96 bits per heavy atom.